The maximum absolute atomic E-state index is 12.9. The highest BCUT2D eigenvalue weighted by Gasteiger charge is 2.30. The average Bonchev–Trinajstić information content (AvgIpc) is 2.49. The molecule has 128 valence electrons. The van der Waals surface area contributed by atoms with Gasteiger partial charge in [-0.15, -0.1) is 0 Å². The summed E-state index contributed by atoms with van der Waals surface area (Å²) >= 11 is 0. The Morgan fingerprint density at radius 1 is 1.26 bits per heavy atom. The number of benzene rings is 1. The molecule has 7 nitrogen and oxygen atoms in total. The number of nitrogens with one attached hydrogen (secondary N) is 1. The van der Waals surface area contributed by atoms with E-state index in [1.165, 1.54) is 17.3 Å². The van der Waals surface area contributed by atoms with Gasteiger partial charge in [0.25, 0.3) is 0 Å². The van der Waals surface area contributed by atoms with Crippen LogP contribution < -0.4 is 10.1 Å². The standard InChI is InChI=1S/C15H23N3O4S/c1-4-22-14-6-5-13(16-12(2)19)11-15(14)23(20,21)18-9-7-17(3)8-10-18/h5-6,11H,4,7-10H2,1-3H3,(H,16,19). The summed E-state index contributed by atoms with van der Waals surface area (Å²) in [4.78, 5) is 13.4. The second-order valence-electron chi connectivity index (χ2n) is 5.48. The molecular weight excluding hydrogens is 318 g/mol. The third-order valence-electron chi connectivity index (χ3n) is 3.64. The summed E-state index contributed by atoms with van der Waals surface area (Å²) in [5, 5.41) is 2.61. The molecule has 0 atom stereocenters. The number of rotatable bonds is 5. The van der Waals surface area contributed by atoms with Crippen LogP contribution in [0.1, 0.15) is 13.8 Å². The van der Waals surface area contributed by atoms with Crippen LogP contribution in [0.25, 0.3) is 0 Å². The van der Waals surface area contributed by atoms with Gasteiger partial charge in [0.15, 0.2) is 0 Å². The summed E-state index contributed by atoms with van der Waals surface area (Å²) in [5.74, 6) is 0.0534. The van der Waals surface area contributed by atoms with Gasteiger partial charge in [-0.3, -0.25) is 4.79 Å². The summed E-state index contributed by atoms with van der Waals surface area (Å²) in [6.07, 6.45) is 0. The molecule has 0 bridgehead atoms. The smallest absolute Gasteiger partial charge is 0.246 e. The summed E-state index contributed by atoms with van der Waals surface area (Å²) in [6, 6.07) is 4.67. The Labute approximate surface area is 137 Å². The van der Waals surface area contributed by atoms with E-state index >= 15 is 0 Å². The lowest BCUT2D eigenvalue weighted by atomic mass is 10.3. The fourth-order valence-electron chi connectivity index (χ4n) is 2.43. The van der Waals surface area contributed by atoms with Crippen LogP contribution in [-0.4, -0.2) is 63.4 Å². The quantitative estimate of drug-likeness (QED) is 0.864. The minimum atomic E-state index is -3.67. The number of hydrogen-bond acceptors (Lipinski definition) is 5. The van der Waals surface area contributed by atoms with E-state index in [-0.39, 0.29) is 10.8 Å². The molecule has 1 heterocycles. The molecular formula is C15H23N3O4S. The predicted molar refractivity (Wildman–Crippen MR) is 88.2 cm³/mol. The van der Waals surface area contributed by atoms with Gasteiger partial charge in [-0.2, -0.15) is 4.31 Å². The first-order chi connectivity index (χ1) is 10.8. The van der Waals surface area contributed by atoms with Gasteiger partial charge < -0.3 is 15.0 Å². The maximum atomic E-state index is 12.9. The molecule has 1 fully saturated rings. The lowest BCUT2D eigenvalue weighted by Crippen LogP contribution is -2.47. The van der Waals surface area contributed by atoms with E-state index < -0.39 is 10.0 Å². The molecule has 0 aromatic heterocycles. The predicted octanol–water partition coefficient (Wildman–Crippen LogP) is 0.980. The van der Waals surface area contributed by atoms with Gasteiger partial charge in [0.05, 0.1) is 6.61 Å². The fourth-order valence-corrected chi connectivity index (χ4v) is 4.01. The molecule has 0 unspecified atom stereocenters. The van der Waals surface area contributed by atoms with Crippen molar-refractivity contribution in [3.63, 3.8) is 0 Å². The summed E-state index contributed by atoms with van der Waals surface area (Å²) < 4.78 is 32.8. The zero-order chi connectivity index (χ0) is 17.0. The van der Waals surface area contributed by atoms with E-state index in [1.807, 2.05) is 7.05 Å². The monoisotopic (exact) mass is 341 g/mol. The largest absolute Gasteiger partial charge is 0.492 e. The van der Waals surface area contributed by atoms with Crippen molar-refractivity contribution in [3.8, 4) is 5.75 Å². The number of hydrogen-bond donors (Lipinski definition) is 1. The van der Waals surface area contributed by atoms with Gasteiger partial charge in [-0.25, -0.2) is 8.42 Å². The van der Waals surface area contributed by atoms with E-state index in [9.17, 15) is 13.2 Å². The van der Waals surface area contributed by atoms with Gasteiger partial charge in [0.2, 0.25) is 15.9 Å². The molecule has 1 aliphatic rings. The van der Waals surface area contributed by atoms with Crippen LogP contribution >= 0.6 is 0 Å². The lowest BCUT2D eigenvalue weighted by Gasteiger charge is -2.32. The van der Waals surface area contributed by atoms with Gasteiger partial charge in [-0.05, 0) is 32.2 Å². The lowest BCUT2D eigenvalue weighted by molar-refractivity contribution is -0.114. The van der Waals surface area contributed by atoms with Crippen LogP contribution in [0.2, 0.25) is 0 Å². The molecule has 1 N–H and O–H groups in total. The van der Waals surface area contributed by atoms with E-state index in [0.717, 1.165) is 0 Å². The van der Waals surface area contributed by atoms with Gasteiger partial charge in [0, 0.05) is 38.8 Å². The maximum Gasteiger partial charge on any atom is 0.246 e. The minimum absolute atomic E-state index is 0.0927. The number of amides is 1. The zero-order valence-corrected chi connectivity index (χ0v) is 14.5. The summed E-state index contributed by atoms with van der Waals surface area (Å²) in [5.41, 5.74) is 0.439. The Kier molecular flexibility index (Phi) is 5.61. The first-order valence-corrected chi connectivity index (χ1v) is 9.01. The highest BCUT2D eigenvalue weighted by molar-refractivity contribution is 7.89. The van der Waals surface area contributed by atoms with Crippen LogP contribution in [0.15, 0.2) is 23.1 Å². The van der Waals surface area contributed by atoms with Crippen LogP contribution in [-0.2, 0) is 14.8 Å². The molecule has 1 aromatic carbocycles. The number of ether oxygens (including phenoxy) is 1. The van der Waals surface area contributed by atoms with Crippen molar-refractivity contribution in [2.24, 2.45) is 0 Å². The number of sulfonamides is 1. The Balaban J connectivity index is 2.39. The van der Waals surface area contributed by atoms with Crippen molar-refractivity contribution in [1.29, 1.82) is 0 Å². The van der Waals surface area contributed by atoms with Crippen LogP contribution in [0.4, 0.5) is 5.69 Å². The average molecular weight is 341 g/mol. The van der Waals surface area contributed by atoms with Crippen molar-refractivity contribution in [3.05, 3.63) is 18.2 Å². The van der Waals surface area contributed by atoms with Gasteiger partial charge in [0.1, 0.15) is 10.6 Å². The number of carbonyl (C=O) groups excluding carboxylic acids is 1. The van der Waals surface area contributed by atoms with Gasteiger partial charge >= 0.3 is 0 Å². The first kappa shape index (κ1) is 17.7. The zero-order valence-electron chi connectivity index (χ0n) is 13.7. The number of nitrogens with zero attached hydrogens (tertiary/aromatic N) is 2. The second kappa shape index (κ2) is 7.29. The third kappa shape index (κ3) is 4.21. The van der Waals surface area contributed by atoms with E-state index in [2.05, 4.69) is 10.2 Å². The number of carbonyl (C=O) groups is 1. The van der Waals surface area contributed by atoms with Crippen molar-refractivity contribution in [2.45, 2.75) is 18.7 Å². The third-order valence-corrected chi connectivity index (χ3v) is 5.56. The normalized spacial score (nSPS) is 17.0. The highest BCUT2D eigenvalue weighted by atomic mass is 32.2. The molecule has 8 heteroatoms. The van der Waals surface area contributed by atoms with Crippen molar-refractivity contribution in [1.82, 2.24) is 9.21 Å². The van der Waals surface area contributed by atoms with Crippen molar-refractivity contribution >= 4 is 21.6 Å². The summed E-state index contributed by atoms with van der Waals surface area (Å²) in [6.45, 7) is 5.80. The Morgan fingerprint density at radius 2 is 1.91 bits per heavy atom. The second-order valence-corrected chi connectivity index (χ2v) is 7.39. The van der Waals surface area contributed by atoms with Crippen molar-refractivity contribution < 1.29 is 17.9 Å². The molecule has 0 radical (unpaired) electrons. The van der Waals surface area contributed by atoms with Gasteiger partial charge in [-0.1, -0.05) is 0 Å². The molecule has 0 aliphatic carbocycles. The molecule has 23 heavy (non-hydrogen) atoms. The van der Waals surface area contributed by atoms with Crippen LogP contribution in [0.5, 0.6) is 5.75 Å². The molecule has 1 saturated heterocycles. The molecule has 0 saturated carbocycles. The molecule has 1 aliphatic heterocycles. The highest BCUT2D eigenvalue weighted by Crippen LogP contribution is 2.30. The van der Waals surface area contributed by atoms with E-state index in [4.69, 9.17) is 4.74 Å². The SMILES string of the molecule is CCOc1ccc(NC(C)=O)cc1S(=O)(=O)N1CCN(C)CC1. The molecule has 1 amide bonds. The number of anilines is 1. The molecule has 2 rings (SSSR count). The first-order valence-electron chi connectivity index (χ1n) is 7.57. The number of piperazine rings is 1. The Hall–Kier alpha value is -1.64. The molecule has 1 aromatic rings. The van der Waals surface area contributed by atoms with E-state index in [1.54, 1.807) is 19.1 Å². The van der Waals surface area contributed by atoms with Crippen LogP contribution in [0, 0.1) is 0 Å². The Morgan fingerprint density at radius 3 is 2.48 bits per heavy atom. The number of likely N-dealkylation sites (N-methyl/N-ethyl adjacent to an activating group) is 1. The van der Waals surface area contributed by atoms with E-state index in [0.29, 0.717) is 44.2 Å². The fraction of sp³-hybridized carbons (Fsp3) is 0.533. The van der Waals surface area contributed by atoms with Crippen LogP contribution in [0.3, 0.4) is 0 Å². The molecule has 0 spiro atoms. The summed E-state index contributed by atoms with van der Waals surface area (Å²) in [7, 11) is -1.70. The topological polar surface area (TPSA) is 78.9 Å². The van der Waals surface area contributed by atoms with Crippen molar-refractivity contribution in [2.75, 3.05) is 45.2 Å². The minimum Gasteiger partial charge on any atom is -0.492 e. The Bertz CT molecular complexity index is 667.